The van der Waals surface area contributed by atoms with Gasteiger partial charge >= 0.3 is 0 Å². The predicted octanol–water partition coefficient (Wildman–Crippen LogP) is 3.16. The van der Waals surface area contributed by atoms with E-state index < -0.39 is 0 Å². The topological polar surface area (TPSA) is 89.9 Å². The molecule has 1 atom stereocenters. The van der Waals surface area contributed by atoms with Gasteiger partial charge in [0.15, 0.2) is 11.6 Å². The lowest BCUT2D eigenvalue weighted by atomic mass is 9.98. The van der Waals surface area contributed by atoms with Crippen LogP contribution in [0.25, 0.3) is 11.4 Å². The molecule has 1 saturated heterocycles. The van der Waals surface area contributed by atoms with Crippen molar-refractivity contribution >= 4 is 5.91 Å². The predicted molar refractivity (Wildman–Crippen MR) is 103 cm³/mol. The van der Waals surface area contributed by atoms with Gasteiger partial charge in [0, 0.05) is 31.7 Å². The van der Waals surface area contributed by atoms with Gasteiger partial charge in [0.1, 0.15) is 5.76 Å². The molecule has 0 saturated carbocycles. The van der Waals surface area contributed by atoms with E-state index in [1.807, 2.05) is 38.8 Å². The van der Waals surface area contributed by atoms with Crippen LogP contribution in [0.5, 0.6) is 0 Å². The van der Waals surface area contributed by atoms with Crippen LogP contribution in [0.4, 0.5) is 0 Å². The van der Waals surface area contributed by atoms with Crippen LogP contribution in [0, 0.1) is 20.8 Å². The normalized spacial score (nSPS) is 17.1. The van der Waals surface area contributed by atoms with Gasteiger partial charge in [0.05, 0.1) is 23.0 Å². The molecule has 3 aromatic rings. The number of carbonyl (C=O) groups is 1. The number of hydrogen-bond donors (Lipinski definition) is 0. The number of aromatic nitrogens is 5. The number of rotatable bonds is 3. The van der Waals surface area contributed by atoms with Gasteiger partial charge in [-0.05, 0) is 46.1 Å². The van der Waals surface area contributed by atoms with Crippen molar-refractivity contribution in [2.75, 3.05) is 6.54 Å². The Labute approximate surface area is 163 Å². The monoisotopic (exact) mass is 380 g/mol. The van der Waals surface area contributed by atoms with Crippen molar-refractivity contribution in [1.82, 2.24) is 29.6 Å². The first kappa shape index (κ1) is 18.3. The minimum Gasteiger partial charge on any atom is -0.361 e. The van der Waals surface area contributed by atoms with Crippen molar-refractivity contribution in [1.29, 1.82) is 0 Å². The summed E-state index contributed by atoms with van der Waals surface area (Å²) in [7, 11) is 1.84. The van der Waals surface area contributed by atoms with Crippen LogP contribution in [-0.4, -0.2) is 42.0 Å². The second-order valence-electron chi connectivity index (χ2n) is 7.33. The summed E-state index contributed by atoms with van der Waals surface area (Å²) in [6.07, 6.45) is 6.34. The molecule has 1 aliphatic heterocycles. The molecule has 0 spiro atoms. The van der Waals surface area contributed by atoms with Crippen molar-refractivity contribution in [3.05, 3.63) is 47.1 Å². The molecular formula is C20H24N6O2. The molecule has 8 nitrogen and oxygen atoms in total. The summed E-state index contributed by atoms with van der Waals surface area (Å²) in [6, 6.07) is 1.87. The molecule has 1 aliphatic rings. The fourth-order valence-corrected chi connectivity index (χ4v) is 3.86. The van der Waals surface area contributed by atoms with Crippen molar-refractivity contribution in [2.45, 2.75) is 46.1 Å². The highest BCUT2D eigenvalue weighted by molar-refractivity contribution is 5.91. The molecule has 3 aromatic heterocycles. The maximum absolute atomic E-state index is 13.1. The van der Waals surface area contributed by atoms with Crippen molar-refractivity contribution in [3.63, 3.8) is 0 Å². The van der Waals surface area contributed by atoms with Gasteiger partial charge in [-0.3, -0.25) is 4.79 Å². The van der Waals surface area contributed by atoms with Gasteiger partial charge < -0.3 is 14.0 Å². The summed E-state index contributed by atoms with van der Waals surface area (Å²) >= 11 is 0. The molecule has 0 bridgehead atoms. The lowest BCUT2D eigenvalue weighted by Gasteiger charge is -2.35. The SMILES string of the molecule is Cc1cc([C@H]2CCCCN2C(=O)c2nccn2C)nc(-c2c(C)noc2C)n1. The molecule has 0 radical (unpaired) electrons. The Kier molecular flexibility index (Phi) is 4.70. The Hall–Kier alpha value is -3.03. The van der Waals surface area contributed by atoms with Crippen LogP contribution in [-0.2, 0) is 7.05 Å². The highest BCUT2D eigenvalue weighted by atomic mass is 16.5. The molecule has 0 unspecified atom stereocenters. The Morgan fingerprint density at radius 2 is 2.04 bits per heavy atom. The van der Waals surface area contributed by atoms with Crippen molar-refractivity contribution < 1.29 is 9.32 Å². The average Bonchev–Trinajstić information content (AvgIpc) is 3.25. The zero-order valence-electron chi connectivity index (χ0n) is 16.6. The summed E-state index contributed by atoms with van der Waals surface area (Å²) in [5, 5.41) is 4.02. The fourth-order valence-electron chi connectivity index (χ4n) is 3.86. The van der Waals surface area contributed by atoms with Gasteiger partial charge in [-0.25, -0.2) is 15.0 Å². The van der Waals surface area contributed by atoms with Crippen LogP contribution < -0.4 is 0 Å². The second kappa shape index (κ2) is 7.18. The largest absolute Gasteiger partial charge is 0.361 e. The third kappa shape index (κ3) is 3.19. The van der Waals surface area contributed by atoms with Gasteiger partial charge in [0.25, 0.3) is 5.91 Å². The molecule has 8 heteroatoms. The van der Waals surface area contributed by atoms with Crippen molar-refractivity contribution in [2.24, 2.45) is 7.05 Å². The molecule has 4 rings (SSSR count). The third-order valence-electron chi connectivity index (χ3n) is 5.25. The fraction of sp³-hybridized carbons (Fsp3) is 0.450. The van der Waals surface area contributed by atoms with Crippen LogP contribution in [0.15, 0.2) is 23.0 Å². The van der Waals surface area contributed by atoms with Gasteiger partial charge in [0.2, 0.25) is 0 Å². The number of imidazole rings is 1. The molecule has 0 N–H and O–H groups in total. The van der Waals surface area contributed by atoms with Gasteiger partial charge in [-0.1, -0.05) is 5.16 Å². The van der Waals surface area contributed by atoms with E-state index in [9.17, 15) is 4.79 Å². The standard InChI is InChI=1S/C20H24N6O2/c1-12-11-15(23-18(22-12)17-13(2)24-28-14(17)3)16-7-5-6-9-26(16)20(27)19-21-8-10-25(19)4/h8,10-11,16H,5-7,9H2,1-4H3/t16-/m1/s1. The van der Waals surface area contributed by atoms with Crippen LogP contribution >= 0.6 is 0 Å². The van der Waals surface area contributed by atoms with E-state index in [1.165, 1.54) is 0 Å². The Morgan fingerprint density at radius 1 is 1.21 bits per heavy atom. The Balaban J connectivity index is 1.74. The molecule has 1 amide bonds. The minimum absolute atomic E-state index is 0.0626. The van der Waals surface area contributed by atoms with E-state index in [0.29, 0.717) is 24.0 Å². The van der Waals surface area contributed by atoms with E-state index in [2.05, 4.69) is 15.1 Å². The van der Waals surface area contributed by atoms with Crippen LogP contribution in [0.2, 0.25) is 0 Å². The number of nitrogens with zero attached hydrogens (tertiary/aromatic N) is 6. The number of likely N-dealkylation sites (tertiary alicyclic amines) is 1. The van der Waals surface area contributed by atoms with E-state index in [4.69, 9.17) is 9.51 Å². The maximum atomic E-state index is 13.1. The minimum atomic E-state index is -0.0983. The zero-order valence-corrected chi connectivity index (χ0v) is 16.6. The van der Waals surface area contributed by atoms with Gasteiger partial charge in [-0.15, -0.1) is 0 Å². The number of aryl methyl sites for hydroxylation is 4. The van der Waals surface area contributed by atoms with E-state index >= 15 is 0 Å². The van der Waals surface area contributed by atoms with Crippen molar-refractivity contribution in [3.8, 4) is 11.4 Å². The quantitative estimate of drug-likeness (QED) is 0.693. The smallest absolute Gasteiger partial charge is 0.290 e. The zero-order chi connectivity index (χ0) is 19.8. The Bertz CT molecular complexity index is 1000. The van der Waals surface area contributed by atoms with E-state index in [1.54, 1.807) is 17.0 Å². The summed E-state index contributed by atoms with van der Waals surface area (Å²) < 4.78 is 7.05. The molecule has 0 aliphatic carbocycles. The summed E-state index contributed by atoms with van der Waals surface area (Å²) in [4.78, 5) is 28.7. The van der Waals surface area contributed by atoms with Crippen LogP contribution in [0.3, 0.4) is 0 Å². The highest BCUT2D eigenvalue weighted by Crippen LogP contribution is 2.33. The summed E-state index contributed by atoms with van der Waals surface area (Å²) in [5.74, 6) is 1.68. The van der Waals surface area contributed by atoms with Gasteiger partial charge in [-0.2, -0.15) is 0 Å². The molecule has 4 heterocycles. The molecule has 28 heavy (non-hydrogen) atoms. The average molecular weight is 380 g/mol. The number of piperidine rings is 1. The van der Waals surface area contributed by atoms with E-state index in [-0.39, 0.29) is 11.9 Å². The number of hydrogen-bond acceptors (Lipinski definition) is 6. The molecule has 1 fully saturated rings. The number of carbonyl (C=O) groups excluding carboxylic acids is 1. The third-order valence-corrected chi connectivity index (χ3v) is 5.25. The lowest BCUT2D eigenvalue weighted by Crippen LogP contribution is -2.40. The summed E-state index contributed by atoms with van der Waals surface area (Å²) in [6.45, 7) is 6.38. The van der Waals surface area contributed by atoms with E-state index in [0.717, 1.165) is 41.9 Å². The first-order chi connectivity index (χ1) is 13.5. The maximum Gasteiger partial charge on any atom is 0.290 e. The molecule has 0 aromatic carbocycles. The first-order valence-corrected chi connectivity index (χ1v) is 9.53. The number of amides is 1. The highest BCUT2D eigenvalue weighted by Gasteiger charge is 2.32. The summed E-state index contributed by atoms with van der Waals surface area (Å²) in [5.41, 5.74) is 3.29. The second-order valence-corrected chi connectivity index (χ2v) is 7.33. The molecular weight excluding hydrogens is 356 g/mol. The Morgan fingerprint density at radius 3 is 2.71 bits per heavy atom. The molecule has 146 valence electrons. The lowest BCUT2D eigenvalue weighted by molar-refractivity contribution is 0.0589. The van der Waals surface area contributed by atoms with Crippen LogP contribution in [0.1, 0.15) is 58.8 Å². The first-order valence-electron chi connectivity index (χ1n) is 9.53.